The summed E-state index contributed by atoms with van der Waals surface area (Å²) in [6.07, 6.45) is 0. The van der Waals surface area contributed by atoms with E-state index in [-0.39, 0.29) is 0 Å². The van der Waals surface area contributed by atoms with Crippen LogP contribution >= 0.6 is 22.9 Å². The second kappa shape index (κ2) is 9.77. The lowest BCUT2D eigenvalue weighted by Gasteiger charge is -2.10. The third-order valence-corrected chi connectivity index (χ3v) is 5.80. The topological polar surface area (TPSA) is 38.9 Å². The molecular formula is C25H22ClN3OS. The monoisotopic (exact) mass is 447 g/mol. The third kappa shape index (κ3) is 4.95. The van der Waals surface area contributed by atoms with Gasteiger partial charge in [0.2, 0.25) is 4.80 Å². The van der Waals surface area contributed by atoms with E-state index in [9.17, 15) is 0 Å². The van der Waals surface area contributed by atoms with E-state index >= 15 is 0 Å². The van der Waals surface area contributed by atoms with E-state index in [1.54, 1.807) is 11.3 Å². The number of nitrogens with zero attached hydrogens (tertiary/aromatic N) is 3. The van der Waals surface area contributed by atoms with Gasteiger partial charge in [-0.3, -0.25) is 4.57 Å². The van der Waals surface area contributed by atoms with Crippen LogP contribution in [-0.4, -0.2) is 16.9 Å². The number of rotatable bonds is 6. The zero-order chi connectivity index (χ0) is 21.6. The summed E-state index contributed by atoms with van der Waals surface area (Å²) in [5, 5.41) is 11.9. The maximum absolute atomic E-state index is 5.99. The van der Waals surface area contributed by atoms with Crippen LogP contribution in [0, 0.1) is 0 Å². The Bertz CT molecular complexity index is 1240. The minimum absolute atomic E-state index is 0.649. The summed E-state index contributed by atoms with van der Waals surface area (Å²) >= 11 is 7.55. The first-order chi connectivity index (χ1) is 15.2. The first-order valence-electron chi connectivity index (χ1n) is 9.99. The van der Waals surface area contributed by atoms with Gasteiger partial charge < -0.3 is 4.74 Å². The maximum Gasteiger partial charge on any atom is 0.215 e. The molecule has 156 valence electrons. The third-order valence-electron chi connectivity index (χ3n) is 4.73. The lowest BCUT2D eigenvalue weighted by atomic mass is 10.1. The number of aromatic nitrogens is 1. The Kier molecular flexibility index (Phi) is 6.65. The van der Waals surface area contributed by atoms with Gasteiger partial charge in [0.25, 0.3) is 0 Å². The van der Waals surface area contributed by atoms with Crippen molar-refractivity contribution in [3.8, 4) is 22.7 Å². The lowest BCUT2D eigenvalue weighted by molar-refractivity contribution is 0.340. The Balaban J connectivity index is 1.79. The Labute approximate surface area is 190 Å². The summed E-state index contributed by atoms with van der Waals surface area (Å²) in [6.45, 7) is 4.58. The van der Waals surface area contributed by atoms with Gasteiger partial charge in [-0.1, -0.05) is 41.9 Å². The van der Waals surface area contributed by atoms with Crippen molar-refractivity contribution < 1.29 is 4.74 Å². The fourth-order valence-electron chi connectivity index (χ4n) is 3.16. The van der Waals surface area contributed by atoms with E-state index in [0.717, 1.165) is 38.8 Å². The predicted octanol–water partition coefficient (Wildman–Crippen LogP) is 6.58. The largest absolute Gasteiger partial charge is 0.494 e. The number of para-hydroxylation sites is 1. The molecule has 4 rings (SSSR count). The van der Waals surface area contributed by atoms with Crippen molar-refractivity contribution in [1.82, 2.24) is 4.57 Å². The van der Waals surface area contributed by atoms with Gasteiger partial charge in [-0.25, -0.2) is 0 Å². The minimum atomic E-state index is 0.649. The summed E-state index contributed by atoms with van der Waals surface area (Å²) in [4.78, 5) is 0.795. The highest BCUT2D eigenvalue weighted by molar-refractivity contribution is 7.07. The van der Waals surface area contributed by atoms with Gasteiger partial charge >= 0.3 is 0 Å². The number of halogens is 1. The lowest BCUT2D eigenvalue weighted by Crippen LogP contribution is -2.13. The van der Waals surface area contributed by atoms with Crippen LogP contribution in [-0.2, 0) is 0 Å². The minimum Gasteiger partial charge on any atom is -0.494 e. The number of hydrogen-bond donors (Lipinski definition) is 0. The first kappa shape index (κ1) is 21.1. The molecule has 0 N–H and O–H groups in total. The molecule has 0 amide bonds. The van der Waals surface area contributed by atoms with Gasteiger partial charge in [-0.15, -0.1) is 16.4 Å². The molecule has 4 aromatic rings. The molecule has 4 nitrogen and oxygen atoms in total. The van der Waals surface area contributed by atoms with Crippen molar-refractivity contribution in [1.29, 1.82) is 0 Å². The second-order valence-electron chi connectivity index (χ2n) is 6.82. The van der Waals surface area contributed by atoms with Crippen LogP contribution in [0.25, 0.3) is 16.9 Å². The summed E-state index contributed by atoms with van der Waals surface area (Å²) in [6, 6.07) is 25.9. The molecule has 0 radical (unpaired) electrons. The summed E-state index contributed by atoms with van der Waals surface area (Å²) in [7, 11) is 0. The highest BCUT2D eigenvalue weighted by Crippen LogP contribution is 2.25. The molecule has 0 atom stereocenters. The maximum atomic E-state index is 5.99. The molecule has 6 heteroatoms. The Morgan fingerprint density at radius 1 is 0.968 bits per heavy atom. The molecule has 0 bridgehead atoms. The van der Waals surface area contributed by atoms with Crippen molar-refractivity contribution in [2.24, 2.45) is 10.2 Å². The Morgan fingerprint density at radius 3 is 2.35 bits per heavy atom. The molecule has 31 heavy (non-hydrogen) atoms. The Hall–Kier alpha value is -3.15. The molecule has 0 aliphatic rings. The molecule has 0 saturated heterocycles. The van der Waals surface area contributed by atoms with E-state index in [4.69, 9.17) is 16.3 Å². The van der Waals surface area contributed by atoms with Crippen LogP contribution in [0.15, 0.2) is 94.4 Å². The normalized spacial score (nSPS) is 12.2. The van der Waals surface area contributed by atoms with Gasteiger partial charge in [0.05, 0.1) is 18.0 Å². The van der Waals surface area contributed by atoms with Gasteiger partial charge in [-0.2, -0.15) is 5.10 Å². The average molecular weight is 448 g/mol. The second-order valence-corrected chi connectivity index (χ2v) is 8.10. The van der Waals surface area contributed by atoms with E-state index in [2.05, 4.69) is 44.4 Å². The van der Waals surface area contributed by atoms with Gasteiger partial charge in [0, 0.05) is 16.1 Å². The highest BCUT2D eigenvalue weighted by atomic mass is 35.5. The van der Waals surface area contributed by atoms with Gasteiger partial charge in [0.15, 0.2) is 0 Å². The molecule has 1 aromatic heterocycles. The first-order valence-corrected chi connectivity index (χ1v) is 11.2. The van der Waals surface area contributed by atoms with E-state index in [1.807, 2.05) is 68.4 Å². The Morgan fingerprint density at radius 2 is 1.68 bits per heavy atom. The number of hydrogen-bond acceptors (Lipinski definition) is 4. The zero-order valence-corrected chi connectivity index (χ0v) is 18.9. The van der Waals surface area contributed by atoms with Crippen LogP contribution in [0.1, 0.15) is 19.4 Å². The van der Waals surface area contributed by atoms with Gasteiger partial charge in [-0.05, 0) is 73.5 Å². The van der Waals surface area contributed by atoms with Crippen LogP contribution < -0.4 is 9.54 Å². The van der Waals surface area contributed by atoms with Crippen LogP contribution in [0.4, 0.5) is 0 Å². The van der Waals surface area contributed by atoms with E-state index in [1.165, 1.54) is 0 Å². The molecule has 0 unspecified atom stereocenters. The molecule has 0 aliphatic carbocycles. The summed E-state index contributed by atoms with van der Waals surface area (Å²) < 4.78 is 7.71. The van der Waals surface area contributed by atoms with Crippen LogP contribution in [0.5, 0.6) is 5.75 Å². The van der Waals surface area contributed by atoms with Crippen LogP contribution in [0.3, 0.4) is 0 Å². The molecule has 0 aliphatic heterocycles. The van der Waals surface area contributed by atoms with Crippen molar-refractivity contribution >= 4 is 28.6 Å². The molecule has 0 fully saturated rings. The fraction of sp³-hybridized carbons (Fsp3) is 0.120. The summed E-state index contributed by atoms with van der Waals surface area (Å²) in [5.41, 5.74) is 4.99. The SMILES string of the molecule is CCOc1ccc(-c2cs/c(=N\N=C(/C)c3ccc(Cl)cc3)n2-c2ccccc2)cc1. The van der Waals surface area contributed by atoms with Crippen molar-refractivity contribution in [3.63, 3.8) is 0 Å². The van der Waals surface area contributed by atoms with E-state index in [0.29, 0.717) is 11.6 Å². The molecule has 1 heterocycles. The van der Waals surface area contributed by atoms with Crippen molar-refractivity contribution in [3.05, 3.63) is 99.6 Å². The predicted molar refractivity (Wildman–Crippen MR) is 129 cm³/mol. The van der Waals surface area contributed by atoms with Crippen molar-refractivity contribution in [2.75, 3.05) is 6.61 Å². The number of ether oxygens (including phenoxy) is 1. The highest BCUT2D eigenvalue weighted by Gasteiger charge is 2.10. The quantitative estimate of drug-likeness (QED) is 0.243. The van der Waals surface area contributed by atoms with Crippen molar-refractivity contribution in [2.45, 2.75) is 13.8 Å². The molecule has 0 spiro atoms. The summed E-state index contributed by atoms with van der Waals surface area (Å²) in [5.74, 6) is 0.862. The number of thiazole rings is 1. The average Bonchev–Trinajstić information content (AvgIpc) is 3.23. The number of benzene rings is 3. The zero-order valence-electron chi connectivity index (χ0n) is 17.3. The standard InChI is InChI=1S/C25H22ClN3OS/c1-3-30-23-15-11-20(12-16-23)24-17-31-25(29(24)22-7-5-4-6-8-22)28-27-18(2)19-9-13-21(26)14-10-19/h4-17H,3H2,1-2H3/b27-18+,28-25-. The van der Waals surface area contributed by atoms with Gasteiger partial charge in [0.1, 0.15) is 5.75 Å². The van der Waals surface area contributed by atoms with Crippen LogP contribution in [0.2, 0.25) is 5.02 Å². The molecule has 0 saturated carbocycles. The van der Waals surface area contributed by atoms with E-state index < -0.39 is 0 Å². The fourth-order valence-corrected chi connectivity index (χ4v) is 4.15. The smallest absolute Gasteiger partial charge is 0.215 e. The molecule has 3 aromatic carbocycles. The molecular weight excluding hydrogens is 426 g/mol.